The first kappa shape index (κ1) is 17.8. The fourth-order valence-corrected chi connectivity index (χ4v) is 4.24. The van der Waals surface area contributed by atoms with E-state index in [2.05, 4.69) is 40.2 Å². The Morgan fingerprint density at radius 1 is 1.03 bits per heavy atom. The third-order valence-electron chi connectivity index (χ3n) is 5.17. The lowest BCUT2D eigenvalue weighted by atomic mass is 9.98. The van der Waals surface area contributed by atoms with Crippen molar-refractivity contribution in [3.8, 4) is 22.6 Å². The van der Waals surface area contributed by atoms with Crippen LogP contribution >= 0.6 is 15.9 Å². The van der Waals surface area contributed by atoms with Gasteiger partial charge >= 0.3 is 0 Å². The number of nitrogens with zero attached hydrogens (tertiary/aromatic N) is 1. The Kier molecular flexibility index (Phi) is 4.07. The Labute approximate surface area is 175 Å². The smallest absolute Gasteiger partial charge is 0.235 e. The monoisotopic (exact) mass is 445 g/mol. The van der Waals surface area contributed by atoms with Crippen LogP contribution < -0.4 is 4.74 Å². The number of carbonyl (C=O) groups is 1. The van der Waals surface area contributed by atoms with Gasteiger partial charge in [0.2, 0.25) is 5.78 Å². The summed E-state index contributed by atoms with van der Waals surface area (Å²) in [6.07, 6.45) is 3.74. The van der Waals surface area contributed by atoms with Crippen molar-refractivity contribution in [3.05, 3.63) is 88.2 Å². The molecule has 5 heteroatoms. The maximum absolute atomic E-state index is 12.9. The van der Waals surface area contributed by atoms with Crippen LogP contribution in [0.2, 0.25) is 0 Å². The Morgan fingerprint density at radius 3 is 2.59 bits per heavy atom. The number of hydrogen-bond acceptors (Lipinski definition) is 3. The molecule has 142 valence electrons. The Balaban J connectivity index is 1.71. The summed E-state index contributed by atoms with van der Waals surface area (Å²) in [7, 11) is 1.98. The molecular formula is C24H16BrNO3. The molecule has 0 saturated carbocycles. The first-order valence-corrected chi connectivity index (χ1v) is 9.93. The van der Waals surface area contributed by atoms with Gasteiger partial charge in [0.25, 0.3) is 0 Å². The van der Waals surface area contributed by atoms with E-state index in [4.69, 9.17) is 4.74 Å². The Morgan fingerprint density at radius 2 is 1.83 bits per heavy atom. The molecule has 0 fully saturated rings. The molecule has 3 aromatic carbocycles. The molecule has 0 aliphatic carbocycles. The molecule has 0 bridgehead atoms. The van der Waals surface area contributed by atoms with Crippen molar-refractivity contribution in [2.45, 2.75) is 0 Å². The van der Waals surface area contributed by atoms with Crippen molar-refractivity contribution in [1.29, 1.82) is 0 Å². The van der Waals surface area contributed by atoms with Crippen LogP contribution in [0.15, 0.2) is 77.1 Å². The lowest BCUT2D eigenvalue weighted by Gasteiger charge is -2.06. The Hall–Kier alpha value is -3.31. The first-order chi connectivity index (χ1) is 14.0. The number of benzene rings is 3. The third kappa shape index (κ3) is 2.77. The molecule has 0 saturated heterocycles. The van der Waals surface area contributed by atoms with Crippen molar-refractivity contribution < 1.29 is 14.6 Å². The zero-order chi connectivity index (χ0) is 20.1. The van der Waals surface area contributed by atoms with Crippen LogP contribution in [0.3, 0.4) is 0 Å². The SMILES string of the molecule is Cn1cc(C=C2Oc3c(Br)ccc(O)c3C2=O)c2c(-c3ccccc3)cccc21. The van der Waals surface area contributed by atoms with Gasteiger partial charge in [-0.2, -0.15) is 0 Å². The van der Waals surface area contributed by atoms with Crippen molar-refractivity contribution in [2.24, 2.45) is 7.05 Å². The molecule has 0 spiro atoms. The first-order valence-electron chi connectivity index (χ1n) is 9.14. The highest BCUT2D eigenvalue weighted by Crippen LogP contribution is 2.43. The number of aromatic hydroxyl groups is 1. The molecule has 29 heavy (non-hydrogen) atoms. The van der Waals surface area contributed by atoms with Gasteiger partial charge in [-0.05, 0) is 51.3 Å². The Bertz CT molecular complexity index is 1320. The molecule has 0 radical (unpaired) electrons. The van der Waals surface area contributed by atoms with E-state index >= 15 is 0 Å². The molecule has 0 atom stereocenters. The van der Waals surface area contributed by atoms with Gasteiger partial charge in [0.15, 0.2) is 11.5 Å². The highest BCUT2D eigenvalue weighted by atomic mass is 79.9. The third-order valence-corrected chi connectivity index (χ3v) is 5.79. The maximum atomic E-state index is 12.9. The topological polar surface area (TPSA) is 51.5 Å². The summed E-state index contributed by atoms with van der Waals surface area (Å²) in [5, 5.41) is 11.2. The van der Waals surface area contributed by atoms with Crippen LogP contribution in [-0.4, -0.2) is 15.5 Å². The summed E-state index contributed by atoms with van der Waals surface area (Å²) >= 11 is 3.39. The second-order valence-electron chi connectivity index (χ2n) is 6.97. The van der Waals surface area contributed by atoms with E-state index in [9.17, 15) is 9.90 Å². The number of allylic oxidation sites excluding steroid dienone is 1. The summed E-state index contributed by atoms with van der Waals surface area (Å²) in [4.78, 5) is 12.9. The van der Waals surface area contributed by atoms with E-state index in [0.29, 0.717) is 10.2 Å². The largest absolute Gasteiger partial charge is 0.507 e. The number of carbonyl (C=O) groups excluding carboxylic acids is 1. The average Bonchev–Trinajstić information content (AvgIpc) is 3.24. The molecular weight excluding hydrogens is 430 g/mol. The van der Waals surface area contributed by atoms with E-state index in [0.717, 1.165) is 27.6 Å². The minimum Gasteiger partial charge on any atom is -0.507 e. The number of ketones is 1. The second kappa shape index (κ2) is 6.64. The highest BCUT2D eigenvalue weighted by molar-refractivity contribution is 9.10. The number of ether oxygens (including phenoxy) is 1. The zero-order valence-electron chi connectivity index (χ0n) is 15.5. The van der Waals surface area contributed by atoms with Crippen LogP contribution in [0.5, 0.6) is 11.5 Å². The normalized spacial score (nSPS) is 14.4. The minimum atomic E-state index is -0.326. The van der Waals surface area contributed by atoms with Gasteiger partial charge in [-0.15, -0.1) is 0 Å². The zero-order valence-corrected chi connectivity index (χ0v) is 17.1. The van der Waals surface area contributed by atoms with Crippen LogP contribution in [0.1, 0.15) is 15.9 Å². The van der Waals surface area contributed by atoms with Gasteiger partial charge in [-0.1, -0.05) is 42.5 Å². The lowest BCUT2D eigenvalue weighted by molar-refractivity contribution is 0.101. The van der Waals surface area contributed by atoms with E-state index < -0.39 is 0 Å². The highest BCUT2D eigenvalue weighted by Gasteiger charge is 2.32. The minimum absolute atomic E-state index is 0.0838. The molecule has 4 aromatic rings. The van der Waals surface area contributed by atoms with Gasteiger partial charge in [0, 0.05) is 29.7 Å². The van der Waals surface area contributed by atoms with E-state index in [1.807, 2.05) is 42.1 Å². The fourth-order valence-electron chi connectivity index (χ4n) is 3.83. The van der Waals surface area contributed by atoms with Gasteiger partial charge in [-0.3, -0.25) is 4.79 Å². The van der Waals surface area contributed by atoms with Crippen molar-refractivity contribution in [1.82, 2.24) is 4.57 Å². The number of fused-ring (bicyclic) bond motifs is 2. The number of phenols is 1. The van der Waals surface area contributed by atoms with Crippen molar-refractivity contribution in [2.75, 3.05) is 0 Å². The van der Waals surface area contributed by atoms with Gasteiger partial charge in [0.1, 0.15) is 11.3 Å². The van der Waals surface area contributed by atoms with Crippen LogP contribution in [0.4, 0.5) is 0 Å². The molecule has 4 nitrogen and oxygen atoms in total. The van der Waals surface area contributed by atoms with Crippen LogP contribution in [0.25, 0.3) is 28.1 Å². The number of aromatic nitrogens is 1. The van der Waals surface area contributed by atoms with Gasteiger partial charge < -0.3 is 14.4 Å². The fraction of sp³-hybridized carbons (Fsp3) is 0.0417. The molecule has 1 aromatic heterocycles. The number of rotatable bonds is 2. The van der Waals surface area contributed by atoms with Crippen molar-refractivity contribution >= 4 is 38.7 Å². The molecule has 0 amide bonds. The predicted molar refractivity (Wildman–Crippen MR) is 117 cm³/mol. The molecule has 5 rings (SSSR count). The summed E-state index contributed by atoms with van der Waals surface area (Å²) in [6.45, 7) is 0. The summed E-state index contributed by atoms with van der Waals surface area (Å²) in [5.41, 5.74) is 4.32. The van der Waals surface area contributed by atoms with Gasteiger partial charge in [-0.25, -0.2) is 0 Å². The number of hydrogen-bond donors (Lipinski definition) is 1. The van der Waals surface area contributed by atoms with Gasteiger partial charge in [0.05, 0.1) is 4.47 Å². The standard InChI is InChI=1S/C24H16BrNO3/c1-26-13-15(12-20-23(28)22-19(27)11-10-17(25)24(22)29-20)21-16(8-5-9-18(21)26)14-6-3-2-4-7-14/h2-13,27H,1H3. The maximum Gasteiger partial charge on any atom is 0.235 e. The summed E-state index contributed by atoms with van der Waals surface area (Å²) in [5.74, 6) is 0.134. The summed E-state index contributed by atoms with van der Waals surface area (Å²) < 4.78 is 8.50. The average molecular weight is 446 g/mol. The van der Waals surface area contributed by atoms with E-state index in [-0.39, 0.29) is 22.9 Å². The summed E-state index contributed by atoms with van der Waals surface area (Å²) in [6, 6.07) is 19.5. The number of phenolic OH excluding ortho intramolecular Hbond substituents is 1. The van der Waals surface area contributed by atoms with E-state index in [1.54, 1.807) is 12.1 Å². The molecule has 2 heterocycles. The molecule has 1 aliphatic rings. The number of halogens is 1. The predicted octanol–water partition coefficient (Wildman–Crippen LogP) is 5.93. The number of Topliss-reactive ketones (excluding diaryl/α,β-unsaturated/α-hetero) is 1. The number of aryl methyl sites for hydroxylation is 1. The molecule has 1 aliphatic heterocycles. The van der Waals surface area contributed by atoms with Crippen LogP contribution in [-0.2, 0) is 7.05 Å². The second-order valence-corrected chi connectivity index (χ2v) is 7.83. The van der Waals surface area contributed by atoms with Crippen molar-refractivity contribution in [3.63, 3.8) is 0 Å². The van der Waals surface area contributed by atoms with Crippen LogP contribution in [0, 0.1) is 0 Å². The lowest BCUT2D eigenvalue weighted by Crippen LogP contribution is -1.98. The molecule has 0 unspecified atom stereocenters. The molecule has 1 N–H and O–H groups in total. The quantitative estimate of drug-likeness (QED) is 0.389. The van der Waals surface area contributed by atoms with E-state index in [1.165, 1.54) is 6.07 Å².